The first kappa shape index (κ1) is 12.8. The summed E-state index contributed by atoms with van der Waals surface area (Å²) in [5.41, 5.74) is 9.13. The molecule has 7 heteroatoms. The molecule has 0 bridgehead atoms. The molecule has 0 spiro atoms. The molecule has 0 radical (unpaired) electrons. The van der Waals surface area contributed by atoms with E-state index in [1.165, 1.54) is 12.1 Å². The number of benzene rings is 1. The van der Waals surface area contributed by atoms with Crippen LogP contribution in [0.4, 0.5) is 10.1 Å². The number of anilines is 1. The quantitative estimate of drug-likeness (QED) is 0.467. The molecule has 1 unspecified atom stereocenters. The molecule has 1 rings (SSSR count). The van der Waals surface area contributed by atoms with Gasteiger partial charge in [0, 0.05) is 10.6 Å². The van der Waals surface area contributed by atoms with Gasteiger partial charge in [-0.15, -0.1) is 0 Å². The maximum atomic E-state index is 13.1. The van der Waals surface area contributed by atoms with Crippen molar-refractivity contribution < 1.29 is 14.3 Å². The van der Waals surface area contributed by atoms with Crippen molar-refractivity contribution in [2.45, 2.75) is 13.0 Å². The van der Waals surface area contributed by atoms with Crippen LogP contribution in [-0.4, -0.2) is 23.7 Å². The van der Waals surface area contributed by atoms with Crippen molar-refractivity contribution in [3.05, 3.63) is 40.0 Å². The lowest BCUT2D eigenvalue weighted by molar-refractivity contribution is -0.137. The van der Waals surface area contributed by atoms with Gasteiger partial charge in [0.1, 0.15) is 11.9 Å². The van der Waals surface area contributed by atoms with E-state index in [1.54, 1.807) is 13.0 Å². The Kier molecular flexibility index (Phi) is 4.30. The van der Waals surface area contributed by atoms with Gasteiger partial charge in [0.2, 0.25) is 0 Å². The number of carbonyl (C=O) groups is 1. The lowest BCUT2D eigenvalue weighted by Crippen LogP contribution is -2.32. The van der Waals surface area contributed by atoms with Crippen LogP contribution in [-0.2, 0) is 4.79 Å². The normalized spacial score (nSPS) is 11.4. The summed E-state index contributed by atoms with van der Waals surface area (Å²) >= 11 is 0. The van der Waals surface area contributed by atoms with E-state index < -0.39 is 17.8 Å². The summed E-state index contributed by atoms with van der Waals surface area (Å²) in [4.78, 5) is 13.3. The molecule has 6 nitrogen and oxygen atoms in total. The molecule has 1 atom stereocenters. The third-order valence-electron chi connectivity index (χ3n) is 2.01. The molecular weight excluding hydrogens is 227 g/mol. The van der Waals surface area contributed by atoms with E-state index in [2.05, 4.69) is 15.3 Å². The van der Waals surface area contributed by atoms with Crippen LogP contribution in [0.3, 0.4) is 0 Å². The summed E-state index contributed by atoms with van der Waals surface area (Å²) in [5.74, 6) is -1.63. The number of azide groups is 1. The number of hydrogen-bond donors (Lipinski definition) is 2. The third kappa shape index (κ3) is 4.00. The van der Waals surface area contributed by atoms with E-state index in [9.17, 15) is 9.18 Å². The van der Waals surface area contributed by atoms with Crippen LogP contribution < -0.4 is 5.32 Å². The van der Waals surface area contributed by atoms with Crippen LogP contribution in [0, 0.1) is 12.7 Å². The van der Waals surface area contributed by atoms with E-state index in [0.717, 1.165) is 0 Å². The molecule has 1 aromatic rings. The fourth-order valence-electron chi connectivity index (χ4n) is 1.32. The van der Waals surface area contributed by atoms with Gasteiger partial charge >= 0.3 is 5.97 Å². The highest BCUT2D eigenvalue weighted by Crippen LogP contribution is 2.14. The van der Waals surface area contributed by atoms with Crippen molar-refractivity contribution in [3.8, 4) is 0 Å². The van der Waals surface area contributed by atoms with E-state index in [1.807, 2.05) is 0 Å². The topological polar surface area (TPSA) is 98.1 Å². The Morgan fingerprint density at radius 3 is 2.88 bits per heavy atom. The molecule has 0 aliphatic rings. The SMILES string of the molecule is Cc1cc(F)cc(NC(CN=[N+]=[N-])C(=O)O)c1. The molecule has 2 N–H and O–H groups in total. The Morgan fingerprint density at radius 2 is 2.35 bits per heavy atom. The Hall–Kier alpha value is -2.27. The minimum Gasteiger partial charge on any atom is -0.480 e. The molecule has 0 saturated carbocycles. The monoisotopic (exact) mass is 238 g/mol. The van der Waals surface area contributed by atoms with Gasteiger partial charge in [0.25, 0.3) is 0 Å². The van der Waals surface area contributed by atoms with Gasteiger partial charge in [-0.3, -0.25) is 0 Å². The van der Waals surface area contributed by atoms with Gasteiger partial charge in [-0.2, -0.15) is 0 Å². The van der Waals surface area contributed by atoms with Crippen molar-refractivity contribution in [2.75, 3.05) is 11.9 Å². The standard InChI is InChI=1S/C10H11FN4O2/c1-6-2-7(11)4-8(3-6)14-9(10(16)17)5-13-15-12/h2-4,9,14H,5H2,1H3,(H,16,17). The lowest BCUT2D eigenvalue weighted by Gasteiger charge is -2.13. The lowest BCUT2D eigenvalue weighted by atomic mass is 10.2. The van der Waals surface area contributed by atoms with Crippen molar-refractivity contribution >= 4 is 11.7 Å². The Bertz CT molecular complexity index is 451. The predicted molar refractivity (Wildman–Crippen MR) is 60.2 cm³/mol. The summed E-state index contributed by atoms with van der Waals surface area (Å²) in [7, 11) is 0. The number of aliphatic carboxylic acids is 1. The second-order valence-electron chi connectivity index (χ2n) is 3.47. The zero-order valence-corrected chi connectivity index (χ0v) is 9.09. The van der Waals surface area contributed by atoms with E-state index in [0.29, 0.717) is 11.3 Å². The van der Waals surface area contributed by atoms with Crippen molar-refractivity contribution in [1.82, 2.24) is 0 Å². The highest BCUT2D eigenvalue weighted by molar-refractivity contribution is 5.77. The van der Waals surface area contributed by atoms with Gasteiger partial charge in [0.15, 0.2) is 0 Å². The number of nitrogens with one attached hydrogen (secondary N) is 1. The van der Waals surface area contributed by atoms with E-state index in [4.69, 9.17) is 10.6 Å². The minimum absolute atomic E-state index is 0.249. The number of carboxylic acids is 1. The van der Waals surface area contributed by atoms with E-state index in [-0.39, 0.29) is 6.54 Å². The highest BCUT2D eigenvalue weighted by atomic mass is 19.1. The number of nitrogens with zero attached hydrogens (tertiary/aromatic N) is 3. The minimum atomic E-state index is -1.17. The summed E-state index contributed by atoms with van der Waals surface area (Å²) < 4.78 is 13.1. The molecule has 0 heterocycles. The van der Waals surface area contributed by atoms with Crippen molar-refractivity contribution in [3.63, 3.8) is 0 Å². The van der Waals surface area contributed by atoms with Gasteiger partial charge in [-0.25, -0.2) is 9.18 Å². The molecule has 0 saturated heterocycles. The molecule has 0 amide bonds. The van der Waals surface area contributed by atoms with Crippen molar-refractivity contribution in [1.29, 1.82) is 0 Å². The number of hydrogen-bond acceptors (Lipinski definition) is 3. The Balaban J connectivity index is 2.85. The molecular formula is C10H11FN4O2. The summed E-state index contributed by atoms with van der Waals surface area (Å²) in [6.07, 6.45) is 0. The van der Waals surface area contributed by atoms with Crippen molar-refractivity contribution in [2.24, 2.45) is 5.11 Å². The second-order valence-corrected chi connectivity index (χ2v) is 3.47. The zero-order chi connectivity index (χ0) is 12.8. The highest BCUT2D eigenvalue weighted by Gasteiger charge is 2.16. The number of aryl methyl sites for hydroxylation is 1. The average molecular weight is 238 g/mol. The largest absolute Gasteiger partial charge is 0.480 e. The van der Waals surface area contributed by atoms with Gasteiger partial charge < -0.3 is 10.4 Å². The van der Waals surface area contributed by atoms with Crippen LogP contribution in [0.1, 0.15) is 5.56 Å². The molecule has 1 aromatic carbocycles. The first-order chi connectivity index (χ1) is 8.02. The fraction of sp³-hybridized carbons (Fsp3) is 0.300. The second kappa shape index (κ2) is 5.72. The number of carboxylic acid groups (broad SMARTS) is 1. The van der Waals surface area contributed by atoms with Crippen LogP contribution in [0.2, 0.25) is 0 Å². The van der Waals surface area contributed by atoms with Crippen LogP contribution in [0.25, 0.3) is 10.4 Å². The summed E-state index contributed by atoms with van der Waals surface area (Å²) in [6.45, 7) is 1.44. The maximum Gasteiger partial charge on any atom is 0.326 e. The summed E-state index contributed by atoms with van der Waals surface area (Å²) in [5, 5.41) is 14.6. The average Bonchev–Trinajstić information content (AvgIpc) is 2.22. The molecule has 0 fully saturated rings. The van der Waals surface area contributed by atoms with Crippen LogP contribution in [0.15, 0.2) is 23.3 Å². The first-order valence-corrected chi connectivity index (χ1v) is 4.80. The number of halogens is 1. The molecule has 90 valence electrons. The zero-order valence-electron chi connectivity index (χ0n) is 9.09. The van der Waals surface area contributed by atoms with Gasteiger partial charge in [0.05, 0.1) is 6.54 Å². The Morgan fingerprint density at radius 1 is 1.65 bits per heavy atom. The fourth-order valence-corrected chi connectivity index (χ4v) is 1.32. The van der Waals surface area contributed by atoms with Gasteiger partial charge in [-0.1, -0.05) is 5.11 Å². The smallest absolute Gasteiger partial charge is 0.326 e. The summed E-state index contributed by atoms with van der Waals surface area (Å²) in [6, 6.07) is 3.04. The van der Waals surface area contributed by atoms with E-state index >= 15 is 0 Å². The molecule has 17 heavy (non-hydrogen) atoms. The van der Waals surface area contributed by atoms with Crippen LogP contribution in [0.5, 0.6) is 0 Å². The predicted octanol–water partition coefficient (Wildman–Crippen LogP) is 2.31. The molecule has 0 aromatic heterocycles. The number of rotatable bonds is 5. The first-order valence-electron chi connectivity index (χ1n) is 4.80. The van der Waals surface area contributed by atoms with Crippen LogP contribution >= 0.6 is 0 Å². The third-order valence-corrected chi connectivity index (χ3v) is 2.01. The molecule has 0 aliphatic carbocycles. The maximum absolute atomic E-state index is 13.1. The van der Waals surface area contributed by atoms with Gasteiger partial charge in [-0.05, 0) is 36.2 Å². The Labute approximate surface area is 96.7 Å². The molecule has 0 aliphatic heterocycles.